The highest BCUT2D eigenvalue weighted by atomic mass is 16.2. The van der Waals surface area contributed by atoms with Crippen molar-refractivity contribution < 1.29 is 4.79 Å². The molecule has 0 bridgehead atoms. The van der Waals surface area contributed by atoms with E-state index in [1.165, 1.54) is 0 Å². The van der Waals surface area contributed by atoms with E-state index < -0.39 is 5.41 Å². The highest BCUT2D eigenvalue weighted by Crippen LogP contribution is 2.26. The number of aryl methyl sites for hydroxylation is 1. The molecule has 0 aliphatic carbocycles. The molecule has 0 radical (unpaired) electrons. The number of carbonyl (C=O) groups excluding carboxylic acids is 1. The number of para-hydroxylation sites is 1. The van der Waals surface area contributed by atoms with Crippen LogP contribution in [0.3, 0.4) is 0 Å². The van der Waals surface area contributed by atoms with E-state index in [1.54, 1.807) is 0 Å². The number of hydrogen-bond acceptors (Lipinski definition) is 4. The lowest BCUT2D eigenvalue weighted by molar-refractivity contribution is -0.129. The first kappa shape index (κ1) is 19.9. The summed E-state index contributed by atoms with van der Waals surface area (Å²) in [6.45, 7) is 7.63. The van der Waals surface area contributed by atoms with Crippen molar-refractivity contribution in [1.82, 2.24) is 20.3 Å². The lowest BCUT2D eigenvalue weighted by Crippen LogP contribution is -2.38. The summed E-state index contributed by atoms with van der Waals surface area (Å²) in [5, 5.41) is 4.37. The third-order valence-corrected chi connectivity index (χ3v) is 4.74. The van der Waals surface area contributed by atoms with Gasteiger partial charge in [-0.25, -0.2) is 9.97 Å². The fourth-order valence-electron chi connectivity index (χ4n) is 3.11. The molecule has 0 spiro atoms. The van der Waals surface area contributed by atoms with Gasteiger partial charge in [0.1, 0.15) is 11.6 Å². The molecule has 0 saturated carbocycles. The Morgan fingerprint density at radius 1 is 1.21 bits per heavy atom. The maximum atomic E-state index is 12.8. The molecule has 2 heterocycles. The lowest BCUT2D eigenvalue weighted by Gasteiger charge is -2.25. The minimum atomic E-state index is -0.481. The van der Waals surface area contributed by atoms with Crippen LogP contribution in [0.2, 0.25) is 0 Å². The Labute approximate surface area is 166 Å². The van der Waals surface area contributed by atoms with E-state index in [-0.39, 0.29) is 11.9 Å². The maximum Gasteiger partial charge on any atom is 0.225 e. The van der Waals surface area contributed by atoms with Gasteiger partial charge in [-0.3, -0.25) is 4.79 Å². The normalized spacial score (nSPS) is 12.8. The van der Waals surface area contributed by atoms with E-state index in [2.05, 4.69) is 32.4 Å². The number of benzene rings is 1. The van der Waals surface area contributed by atoms with Crippen LogP contribution in [0, 0.1) is 12.3 Å². The molecule has 6 heteroatoms. The van der Waals surface area contributed by atoms with E-state index >= 15 is 0 Å². The van der Waals surface area contributed by atoms with Crippen molar-refractivity contribution in [2.45, 2.75) is 40.2 Å². The average Bonchev–Trinajstić information content (AvgIpc) is 3.03. The zero-order chi connectivity index (χ0) is 20.5. The molecule has 28 heavy (non-hydrogen) atoms. The third-order valence-electron chi connectivity index (χ3n) is 4.74. The number of fused-ring (bicyclic) bond motifs is 1. The average molecular weight is 380 g/mol. The van der Waals surface area contributed by atoms with Crippen molar-refractivity contribution in [2.24, 2.45) is 5.41 Å². The van der Waals surface area contributed by atoms with Gasteiger partial charge in [0, 0.05) is 49.1 Å². The zero-order valence-electron chi connectivity index (χ0n) is 17.5. The molecule has 3 rings (SSSR count). The number of nitrogens with one attached hydrogen (secondary N) is 2. The molecule has 0 aliphatic heterocycles. The van der Waals surface area contributed by atoms with Crippen LogP contribution < -0.4 is 10.2 Å². The van der Waals surface area contributed by atoms with E-state index in [1.807, 2.05) is 71.1 Å². The van der Waals surface area contributed by atoms with Gasteiger partial charge in [-0.2, -0.15) is 0 Å². The fourth-order valence-corrected chi connectivity index (χ4v) is 3.11. The number of carbonyl (C=O) groups is 1. The van der Waals surface area contributed by atoms with Crippen LogP contribution in [0.5, 0.6) is 0 Å². The van der Waals surface area contributed by atoms with Crippen LogP contribution in [0.15, 0.2) is 36.5 Å². The predicted octanol–water partition coefficient (Wildman–Crippen LogP) is 3.78. The Morgan fingerprint density at radius 3 is 2.61 bits per heavy atom. The summed E-state index contributed by atoms with van der Waals surface area (Å²) in [5.41, 5.74) is 2.58. The second-order valence-corrected chi connectivity index (χ2v) is 8.43. The number of hydrogen-bond donors (Lipinski definition) is 2. The minimum Gasteiger partial charge on any atom is -0.363 e. The number of H-pyrrole nitrogens is 1. The molecule has 1 atom stereocenters. The molecule has 0 aliphatic rings. The van der Waals surface area contributed by atoms with Crippen LogP contribution in [0.4, 0.5) is 5.82 Å². The minimum absolute atomic E-state index is 0.00000892. The number of anilines is 1. The summed E-state index contributed by atoms with van der Waals surface area (Å²) in [5.74, 6) is 1.52. The first-order chi connectivity index (χ1) is 13.1. The second kappa shape index (κ2) is 7.62. The Morgan fingerprint density at radius 2 is 1.93 bits per heavy atom. The van der Waals surface area contributed by atoms with E-state index in [0.29, 0.717) is 12.2 Å². The smallest absolute Gasteiger partial charge is 0.225 e. The Balaban J connectivity index is 2.01. The molecule has 0 saturated heterocycles. The van der Waals surface area contributed by atoms with Crippen LogP contribution >= 0.6 is 0 Å². The summed E-state index contributed by atoms with van der Waals surface area (Å²) < 4.78 is 0. The molecule has 1 aromatic carbocycles. The van der Waals surface area contributed by atoms with Crippen LogP contribution in [0.1, 0.15) is 43.9 Å². The molecule has 2 N–H and O–H groups in total. The van der Waals surface area contributed by atoms with Crippen LogP contribution in [-0.4, -0.2) is 35.0 Å². The Hall–Kier alpha value is -2.89. The van der Waals surface area contributed by atoms with Crippen molar-refractivity contribution in [2.75, 3.05) is 19.0 Å². The third kappa shape index (κ3) is 4.32. The molecule has 1 amide bonds. The number of rotatable bonds is 5. The van der Waals surface area contributed by atoms with Crippen molar-refractivity contribution in [3.05, 3.63) is 53.6 Å². The van der Waals surface area contributed by atoms with Crippen molar-refractivity contribution in [1.29, 1.82) is 0 Å². The van der Waals surface area contributed by atoms with E-state index in [0.717, 1.165) is 28.0 Å². The predicted molar refractivity (Wildman–Crippen MR) is 113 cm³/mol. The molecule has 148 valence electrons. The highest BCUT2D eigenvalue weighted by molar-refractivity contribution is 5.84. The first-order valence-corrected chi connectivity index (χ1v) is 9.54. The van der Waals surface area contributed by atoms with Crippen molar-refractivity contribution in [3.8, 4) is 0 Å². The van der Waals surface area contributed by atoms with Gasteiger partial charge in [0.15, 0.2) is 0 Å². The SMILES string of the molecule is Cc1nc([C@H](Cc2c[nH]c3ccccc23)NC(=O)C(C)(C)C)cc(N(C)C)n1. The summed E-state index contributed by atoms with van der Waals surface area (Å²) in [7, 11) is 3.90. The van der Waals surface area contributed by atoms with Gasteiger partial charge in [0.2, 0.25) is 5.91 Å². The second-order valence-electron chi connectivity index (χ2n) is 8.43. The van der Waals surface area contributed by atoms with Gasteiger partial charge in [0.05, 0.1) is 11.7 Å². The molecular formula is C22H29N5O. The van der Waals surface area contributed by atoms with Gasteiger partial charge in [-0.15, -0.1) is 0 Å². The van der Waals surface area contributed by atoms with Gasteiger partial charge >= 0.3 is 0 Å². The largest absolute Gasteiger partial charge is 0.363 e. The molecule has 3 aromatic rings. The highest BCUT2D eigenvalue weighted by Gasteiger charge is 2.26. The monoisotopic (exact) mass is 379 g/mol. The van der Waals surface area contributed by atoms with Crippen LogP contribution in [0.25, 0.3) is 10.9 Å². The summed E-state index contributed by atoms with van der Waals surface area (Å²) in [6, 6.07) is 9.90. The zero-order valence-corrected chi connectivity index (χ0v) is 17.5. The molecular weight excluding hydrogens is 350 g/mol. The molecule has 2 aromatic heterocycles. The van der Waals surface area contributed by atoms with Crippen molar-refractivity contribution in [3.63, 3.8) is 0 Å². The number of nitrogens with zero attached hydrogens (tertiary/aromatic N) is 3. The van der Waals surface area contributed by atoms with Gasteiger partial charge in [-0.1, -0.05) is 39.0 Å². The van der Waals surface area contributed by atoms with Gasteiger partial charge < -0.3 is 15.2 Å². The standard InChI is InChI=1S/C22H29N5O/c1-14-24-19(12-20(25-14)27(5)6)18(26-21(28)22(2,3)4)11-15-13-23-17-10-8-7-9-16(15)17/h7-10,12-13,18,23H,11H2,1-6H3,(H,26,28)/t18-/m0/s1. The topological polar surface area (TPSA) is 73.9 Å². The molecule has 0 unspecified atom stereocenters. The molecule has 6 nitrogen and oxygen atoms in total. The van der Waals surface area contributed by atoms with Crippen LogP contribution in [-0.2, 0) is 11.2 Å². The number of aromatic amines is 1. The summed E-state index contributed by atoms with van der Waals surface area (Å²) >= 11 is 0. The van der Waals surface area contributed by atoms with E-state index in [9.17, 15) is 4.79 Å². The fraction of sp³-hybridized carbons (Fsp3) is 0.409. The number of amides is 1. The summed E-state index contributed by atoms with van der Waals surface area (Å²) in [6.07, 6.45) is 2.66. The van der Waals surface area contributed by atoms with Crippen molar-refractivity contribution >= 4 is 22.6 Å². The van der Waals surface area contributed by atoms with E-state index in [4.69, 9.17) is 0 Å². The first-order valence-electron chi connectivity index (χ1n) is 9.54. The summed E-state index contributed by atoms with van der Waals surface area (Å²) in [4.78, 5) is 27.2. The van der Waals surface area contributed by atoms with Gasteiger partial charge in [-0.05, 0) is 18.6 Å². The van der Waals surface area contributed by atoms with Gasteiger partial charge in [0.25, 0.3) is 0 Å². The molecule has 0 fully saturated rings. The Bertz CT molecular complexity index is 984. The number of aromatic nitrogens is 3. The maximum absolute atomic E-state index is 12.8. The quantitative estimate of drug-likeness (QED) is 0.707. The Kier molecular flexibility index (Phi) is 5.40. The lowest BCUT2D eigenvalue weighted by atomic mass is 9.94.